The summed E-state index contributed by atoms with van der Waals surface area (Å²) in [6, 6.07) is 16.4. The number of benzene rings is 3. The number of urea groups is 1. The number of nitrogens with one attached hydrogen (secondary N) is 1. The van der Waals surface area contributed by atoms with Crippen molar-refractivity contribution < 1.29 is 14.7 Å². The smallest absolute Gasteiger partial charge is 0.341 e. The lowest BCUT2D eigenvalue weighted by Gasteiger charge is -2.38. The molecule has 0 bridgehead atoms. The van der Waals surface area contributed by atoms with Gasteiger partial charge in [0.25, 0.3) is 0 Å². The van der Waals surface area contributed by atoms with Crippen LogP contribution in [0.1, 0.15) is 48.1 Å². The molecule has 36 heavy (non-hydrogen) atoms. The van der Waals surface area contributed by atoms with Crippen molar-refractivity contribution in [2.75, 3.05) is 5.73 Å². The van der Waals surface area contributed by atoms with Gasteiger partial charge < -0.3 is 16.2 Å². The molecule has 6 rings (SSSR count). The summed E-state index contributed by atoms with van der Waals surface area (Å²) in [7, 11) is 0. The topological polar surface area (TPSA) is 105 Å². The maximum absolute atomic E-state index is 13.1. The summed E-state index contributed by atoms with van der Waals surface area (Å²) in [6.07, 6.45) is 6.91. The molecule has 0 spiro atoms. The molecule has 1 heterocycles. The summed E-state index contributed by atoms with van der Waals surface area (Å²) in [5, 5.41) is 18.1. The van der Waals surface area contributed by atoms with Crippen molar-refractivity contribution in [1.82, 2.24) is 5.32 Å². The van der Waals surface area contributed by atoms with Crippen LogP contribution in [0.5, 0.6) is 0 Å². The molecule has 0 fully saturated rings. The lowest BCUT2D eigenvalue weighted by atomic mass is 9.67. The fourth-order valence-corrected chi connectivity index (χ4v) is 6.21. The number of fused-ring (bicyclic) bond motifs is 5. The van der Waals surface area contributed by atoms with Crippen LogP contribution in [0.2, 0.25) is 0 Å². The number of nitrogen functional groups attached to an aromatic ring is 1. The molecule has 1 aliphatic heterocycles. The molecule has 3 aromatic carbocycles. The van der Waals surface area contributed by atoms with Gasteiger partial charge in [-0.3, -0.25) is 4.79 Å². The van der Waals surface area contributed by atoms with Gasteiger partial charge in [-0.1, -0.05) is 48.5 Å². The lowest BCUT2D eigenvalue weighted by molar-refractivity contribution is -0.146. The highest BCUT2D eigenvalue weighted by Gasteiger charge is 2.48. The Morgan fingerprint density at radius 1 is 1.06 bits per heavy atom. The molecule has 2 unspecified atom stereocenters. The first-order chi connectivity index (χ1) is 17.4. The molecule has 0 aromatic heterocycles. The van der Waals surface area contributed by atoms with Crippen LogP contribution in [0.25, 0.3) is 11.6 Å². The predicted molar refractivity (Wildman–Crippen MR) is 140 cm³/mol. The van der Waals surface area contributed by atoms with Crippen LogP contribution in [0.15, 0.2) is 59.6 Å². The van der Waals surface area contributed by atoms with Gasteiger partial charge in [0.2, 0.25) is 0 Å². The van der Waals surface area contributed by atoms with E-state index in [1.165, 1.54) is 22.6 Å². The molecule has 4 N–H and O–H groups in total. The van der Waals surface area contributed by atoms with Crippen LogP contribution < -0.4 is 21.5 Å². The minimum absolute atomic E-state index is 0.531. The maximum atomic E-state index is 13.1. The second-order valence-corrected chi connectivity index (χ2v) is 9.98. The van der Waals surface area contributed by atoms with Gasteiger partial charge in [-0.05, 0) is 93.4 Å². The molecule has 2 aliphatic carbocycles. The number of carbonyl (C=O) groups is 2. The first-order valence-corrected chi connectivity index (χ1v) is 12.3. The molecule has 0 saturated carbocycles. The van der Waals surface area contributed by atoms with E-state index in [1.54, 1.807) is 6.92 Å². The first-order valence-electron chi connectivity index (χ1n) is 12.3. The fraction of sp³-hybridized carbons (Fsp3) is 0.233. The van der Waals surface area contributed by atoms with E-state index in [9.17, 15) is 14.7 Å². The number of aliphatic imine (C=N–C) groups is 1. The number of carbonyl (C=O) groups excluding carboxylic acids is 1. The molecule has 180 valence electrons. The SMILES string of the molecule is CC(C(=O)O)(C1=c2ccc3c(c2CCC1)CC=c1cc(N)ccc1=3)C1NC(=O)N=Cc2ccccc21. The zero-order valence-electron chi connectivity index (χ0n) is 20.0. The zero-order chi connectivity index (χ0) is 25.0. The number of nitrogens with two attached hydrogens (primary N) is 1. The molecule has 6 nitrogen and oxygen atoms in total. The number of carboxylic acid groups (broad SMARTS) is 1. The summed E-state index contributed by atoms with van der Waals surface area (Å²) < 4.78 is 0. The van der Waals surface area contributed by atoms with Gasteiger partial charge in [-0.25, -0.2) is 9.79 Å². The average molecular weight is 478 g/mol. The number of hydrogen-bond acceptors (Lipinski definition) is 3. The summed E-state index contributed by atoms with van der Waals surface area (Å²) in [5.41, 5.74) is 10.2. The number of anilines is 1. The summed E-state index contributed by atoms with van der Waals surface area (Å²) >= 11 is 0. The number of nitrogens with zero attached hydrogens (tertiary/aromatic N) is 1. The Bertz CT molecular complexity index is 1710. The Morgan fingerprint density at radius 3 is 2.67 bits per heavy atom. The molecule has 3 aromatic rings. The maximum Gasteiger partial charge on any atom is 0.341 e. The summed E-state index contributed by atoms with van der Waals surface area (Å²) in [5.74, 6) is -0.961. The Labute approximate surface area is 208 Å². The van der Waals surface area contributed by atoms with E-state index < -0.39 is 23.5 Å². The summed E-state index contributed by atoms with van der Waals surface area (Å²) in [6.45, 7) is 1.75. The quantitative estimate of drug-likeness (QED) is 0.503. The number of carboxylic acids is 1. The Morgan fingerprint density at radius 2 is 1.83 bits per heavy atom. The van der Waals surface area contributed by atoms with Gasteiger partial charge in [0.15, 0.2) is 0 Å². The van der Waals surface area contributed by atoms with E-state index in [-0.39, 0.29) is 0 Å². The molecule has 2 amide bonds. The van der Waals surface area contributed by atoms with Crippen molar-refractivity contribution in [2.45, 2.75) is 38.6 Å². The molecule has 0 radical (unpaired) electrons. The zero-order valence-corrected chi connectivity index (χ0v) is 20.0. The summed E-state index contributed by atoms with van der Waals surface area (Å²) in [4.78, 5) is 29.7. The second kappa shape index (κ2) is 8.19. The monoisotopic (exact) mass is 477 g/mol. The van der Waals surface area contributed by atoms with Gasteiger partial charge in [-0.15, -0.1) is 0 Å². The van der Waals surface area contributed by atoms with Crippen molar-refractivity contribution in [1.29, 1.82) is 0 Å². The van der Waals surface area contributed by atoms with E-state index in [0.717, 1.165) is 57.3 Å². The highest BCUT2D eigenvalue weighted by atomic mass is 16.4. The Hall–Kier alpha value is -4.19. The Balaban J connectivity index is 1.64. The van der Waals surface area contributed by atoms with Crippen LogP contribution in [0.3, 0.4) is 0 Å². The van der Waals surface area contributed by atoms with Crippen molar-refractivity contribution in [3.8, 4) is 0 Å². The van der Waals surface area contributed by atoms with E-state index >= 15 is 0 Å². The second-order valence-electron chi connectivity index (χ2n) is 9.98. The van der Waals surface area contributed by atoms with Crippen LogP contribution >= 0.6 is 0 Å². The molecule has 0 saturated heterocycles. The van der Waals surface area contributed by atoms with Gasteiger partial charge in [0.1, 0.15) is 5.41 Å². The van der Waals surface area contributed by atoms with Crippen LogP contribution in [0.4, 0.5) is 10.5 Å². The van der Waals surface area contributed by atoms with Crippen molar-refractivity contribution in [2.24, 2.45) is 10.4 Å². The predicted octanol–water partition coefficient (Wildman–Crippen LogP) is 3.35. The molecule has 6 heteroatoms. The minimum atomic E-state index is -1.35. The molecule has 3 aliphatic rings. The first kappa shape index (κ1) is 22.3. The van der Waals surface area contributed by atoms with Crippen molar-refractivity contribution in [3.63, 3.8) is 0 Å². The largest absolute Gasteiger partial charge is 0.481 e. The van der Waals surface area contributed by atoms with E-state index in [4.69, 9.17) is 5.73 Å². The fourth-order valence-electron chi connectivity index (χ4n) is 6.21. The third-order valence-electron chi connectivity index (χ3n) is 8.05. The molecular weight excluding hydrogens is 450 g/mol. The number of amides is 2. The molecule has 2 atom stereocenters. The highest BCUT2D eigenvalue weighted by molar-refractivity contribution is 5.96. The lowest BCUT2D eigenvalue weighted by Crippen LogP contribution is -2.46. The van der Waals surface area contributed by atoms with Crippen LogP contribution in [-0.2, 0) is 17.6 Å². The van der Waals surface area contributed by atoms with Crippen molar-refractivity contribution >= 4 is 35.6 Å². The third-order valence-corrected chi connectivity index (χ3v) is 8.05. The number of rotatable bonds is 3. The van der Waals surface area contributed by atoms with Crippen molar-refractivity contribution in [3.05, 3.63) is 97.7 Å². The van der Waals surface area contributed by atoms with Gasteiger partial charge >= 0.3 is 12.0 Å². The minimum Gasteiger partial charge on any atom is -0.481 e. The van der Waals surface area contributed by atoms with Crippen LogP contribution in [0, 0.1) is 15.9 Å². The third kappa shape index (κ3) is 3.28. The highest BCUT2D eigenvalue weighted by Crippen LogP contribution is 2.45. The number of aliphatic carboxylic acids is 1. The van der Waals surface area contributed by atoms with E-state index in [2.05, 4.69) is 34.6 Å². The molecular formula is C30H27N3O3. The van der Waals surface area contributed by atoms with Crippen LogP contribution in [-0.4, -0.2) is 23.3 Å². The van der Waals surface area contributed by atoms with Gasteiger partial charge in [0.05, 0.1) is 6.04 Å². The average Bonchev–Trinajstić information content (AvgIpc) is 3.06. The normalized spacial score (nSPS) is 19.4. The van der Waals surface area contributed by atoms with Gasteiger partial charge in [0, 0.05) is 11.9 Å². The standard InChI is InChI=1S/C30H27N3O3/c1-30(28(34)35,27-21-6-3-2-5-18(21)16-32-29(36)33-27)26-8-4-7-22-24-11-9-17-15-19(31)10-12-20(17)23(24)13-14-25(22)26/h2-3,5-6,9-10,12-16,27H,4,7-8,11,31H2,1H3,(H,33,36)(H,34,35). The van der Waals surface area contributed by atoms with Gasteiger partial charge in [-0.2, -0.15) is 0 Å². The number of hydrogen-bond donors (Lipinski definition) is 3. The Kier molecular flexibility index (Phi) is 5.07. The van der Waals surface area contributed by atoms with E-state index in [1.807, 2.05) is 36.4 Å². The van der Waals surface area contributed by atoms with E-state index in [0.29, 0.717) is 6.42 Å².